The van der Waals surface area contributed by atoms with Crippen LogP contribution in [0.5, 0.6) is 0 Å². The van der Waals surface area contributed by atoms with Crippen molar-refractivity contribution in [2.45, 2.75) is 46.1 Å². The molecule has 1 rings (SSSR count). The van der Waals surface area contributed by atoms with Crippen molar-refractivity contribution in [3.8, 4) is 0 Å². The van der Waals surface area contributed by atoms with E-state index in [0.29, 0.717) is 12.0 Å². The number of hydrogen-bond acceptors (Lipinski definition) is 3. The molecule has 0 amide bonds. The topological polar surface area (TPSA) is 42.7 Å². The van der Waals surface area contributed by atoms with Crippen molar-refractivity contribution in [3.05, 3.63) is 11.9 Å². The predicted molar refractivity (Wildman–Crippen MR) is 66.2 cm³/mol. The van der Waals surface area contributed by atoms with Crippen molar-refractivity contribution < 1.29 is 0 Å². The Morgan fingerprint density at radius 3 is 2.69 bits per heavy atom. The van der Waals surface area contributed by atoms with Crippen LogP contribution in [0, 0.1) is 5.92 Å². The van der Waals surface area contributed by atoms with E-state index in [2.05, 4.69) is 36.4 Å². The van der Waals surface area contributed by atoms with Crippen LogP contribution in [0.2, 0.25) is 0 Å². The van der Waals surface area contributed by atoms with Crippen LogP contribution in [0.1, 0.15) is 39.3 Å². The average molecular weight is 224 g/mol. The van der Waals surface area contributed by atoms with Gasteiger partial charge in [-0.2, -0.15) is 0 Å². The molecule has 1 aromatic rings. The Bertz CT molecular complexity index is 295. The van der Waals surface area contributed by atoms with Crippen molar-refractivity contribution in [2.75, 3.05) is 6.54 Å². The van der Waals surface area contributed by atoms with Crippen LogP contribution in [0.3, 0.4) is 0 Å². The Morgan fingerprint density at radius 1 is 1.44 bits per heavy atom. The van der Waals surface area contributed by atoms with E-state index in [1.54, 1.807) is 4.68 Å². The average Bonchev–Trinajstić information content (AvgIpc) is 2.69. The highest BCUT2D eigenvalue weighted by Crippen LogP contribution is 2.12. The minimum Gasteiger partial charge on any atom is -0.313 e. The highest BCUT2D eigenvalue weighted by Gasteiger charge is 2.16. The molecular weight excluding hydrogens is 200 g/mol. The van der Waals surface area contributed by atoms with Gasteiger partial charge in [-0.15, -0.1) is 5.10 Å². The first-order valence-electron chi connectivity index (χ1n) is 6.25. The summed E-state index contributed by atoms with van der Waals surface area (Å²) in [4.78, 5) is 0. The highest BCUT2D eigenvalue weighted by atomic mass is 15.4. The van der Waals surface area contributed by atoms with Gasteiger partial charge in [-0.05, 0) is 18.9 Å². The molecule has 0 fully saturated rings. The molecule has 0 aliphatic heterocycles. The van der Waals surface area contributed by atoms with Gasteiger partial charge in [0.25, 0.3) is 0 Å². The molecule has 4 nitrogen and oxygen atoms in total. The monoisotopic (exact) mass is 224 g/mol. The Labute approximate surface area is 98.4 Å². The summed E-state index contributed by atoms with van der Waals surface area (Å²) in [6, 6.07) is 0.515. The summed E-state index contributed by atoms with van der Waals surface area (Å²) in [6.07, 6.45) is 5.35. The molecular formula is C12H24N4. The first-order chi connectivity index (χ1) is 7.67. The van der Waals surface area contributed by atoms with Gasteiger partial charge in [-0.1, -0.05) is 32.4 Å². The Morgan fingerprint density at radius 2 is 2.19 bits per heavy atom. The molecule has 4 heteroatoms. The van der Waals surface area contributed by atoms with Gasteiger partial charge in [0, 0.05) is 25.7 Å². The number of nitrogens with zero attached hydrogens (tertiary/aromatic N) is 3. The van der Waals surface area contributed by atoms with E-state index in [9.17, 15) is 0 Å². The van der Waals surface area contributed by atoms with E-state index in [-0.39, 0.29) is 0 Å². The second kappa shape index (κ2) is 6.63. The van der Waals surface area contributed by atoms with Gasteiger partial charge in [-0.25, -0.2) is 0 Å². The van der Waals surface area contributed by atoms with Crippen LogP contribution < -0.4 is 5.32 Å². The third-order valence-corrected chi connectivity index (χ3v) is 3.07. The van der Waals surface area contributed by atoms with Crippen LogP contribution in [0.15, 0.2) is 6.20 Å². The largest absolute Gasteiger partial charge is 0.313 e. The zero-order valence-corrected chi connectivity index (χ0v) is 10.9. The number of nitrogens with one attached hydrogen (secondary N) is 1. The van der Waals surface area contributed by atoms with Gasteiger partial charge in [0.15, 0.2) is 0 Å². The molecule has 1 aromatic heterocycles. The van der Waals surface area contributed by atoms with Gasteiger partial charge in [-0.3, -0.25) is 4.68 Å². The van der Waals surface area contributed by atoms with Gasteiger partial charge in [0.1, 0.15) is 0 Å². The van der Waals surface area contributed by atoms with Crippen molar-refractivity contribution in [1.29, 1.82) is 0 Å². The molecule has 1 N–H and O–H groups in total. The van der Waals surface area contributed by atoms with Crippen molar-refractivity contribution in [3.63, 3.8) is 0 Å². The summed E-state index contributed by atoms with van der Waals surface area (Å²) in [6.45, 7) is 7.81. The third-order valence-electron chi connectivity index (χ3n) is 3.07. The molecule has 92 valence electrons. The van der Waals surface area contributed by atoms with Gasteiger partial charge in [0.05, 0.1) is 5.69 Å². The zero-order chi connectivity index (χ0) is 12.0. The number of aromatic nitrogens is 3. The molecule has 0 bridgehead atoms. The minimum absolute atomic E-state index is 0.515. The summed E-state index contributed by atoms with van der Waals surface area (Å²) in [7, 11) is 1.91. The van der Waals surface area contributed by atoms with E-state index in [4.69, 9.17) is 0 Å². The quantitative estimate of drug-likeness (QED) is 0.767. The predicted octanol–water partition coefficient (Wildman–Crippen LogP) is 1.77. The summed E-state index contributed by atoms with van der Waals surface area (Å²) >= 11 is 0. The van der Waals surface area contributed by atoms with Crippen molar-refractivity contribution in [1.82, 2.24) is 20.3 Å². The molecule has 0 saturated carbocycles. The SMILES string of the molecule is CCCNC(Cc1cn(C)nn1)C(C)CC. The maximum atomic E-state index is 4.15. The van der Waals surface area contributed by atoms with E-state index >= 15 is 0 Å². The molecule has 2 atom stereocenters. The van der Waals surface area contributed by atoms with Gasteiger partial charge >= 0.3 is 0 Å². The molecule has 1 heterocycles. The lowest BCUT2D eigenvalue weighted by Crippen LogP contribution is -2.37. The van der Waals surface area contributed by atoms with Crippen LogP contribution in [0.25, 0.3) is 0 Å². The number of hydrogen-bond donors (Lipinski definition) is 1. The standard InChI is InChI=1S/C12H24N4/c1-5-7-13-12(10(3)6-2)8-11-9-16(4)15-14-11/h9-10,12-13H,5-8H2,1-4H3. The fraction of sp³-hybridized carbons (Fsp3) is 0.833. The van der Waals surface area contributed by atoms with E-state index in [1.165, 1.54) is 12.8 Å². The van der Waals surface area contributed by atoms with E-state index in [1.807, 2.05) is 13.2 Å². The zero-order valence-electron chi connectivity index (χ0n) is 10.9. The Kier molecular flexibility index (Phi) is 5.46. The maximum absolute atomic E-state index is 4.15. The lowest BCUT2D eigenvalue weighted by Gasteiger charge is -2.23. The molecule has 2 unspecified atom stereocenters. The molecule has 0 aliphatic carbocycles. The van der Waals surface area contributed by atoms with Crippen LogP contribution in [-0.2, 0) is 13.5 Å². The van der Waals surface area contributed by atoms with Crippen LogP contribution >= 0.6 is 0 Å². The van der Waals surface area contributed by atoms with E-state index < -0.39 is 0 Å². The molecule has 0 radical (unpaired) electrons. The molecule has 0 aromatic carbocycles. The summed E-state index contributed by atoms with van der Waals surface area (Å²) in [5, 5.41) is 11.7. The normalized spacial score (nSPS) is 15.0. The number of rotatable bonds is 7. The number of aryl methyl sites for hydroxylation is 1. The maximum Gasteiger partial charge on any atom is 0.0842 e. The van der Waals surface area contributed by atoms with Crippen molar-refractivity contribution in [2.24, 2.45) is 13.0 Å². The Balaban J connectivity index is 2.55. The Hall–Kier alpha value is -0.900. The second-order valence-electron chi connectivity index (χ2n) is 4.53. The van der Waals surface area contributed by atoms with Crippen molar-refractivity contribution >= 4 is 0 Å². The lowest BCUT2D eigenvalue weighted by molar-refractivity contribution is 0.362. The lowest BCUT2D eigenvalue weighted by atomic mass is 9.95. The van der Waals surface area contributed by atoms with Crippen LogP contribution in [-0.4, -0.2) is 27.6 Å². The third kappa shape index (κ3) is 3.93. The first kappa shape index (κ1) is 13.2. The minimum atomic E-state index is 0.515. The summed E-state index contributed by atoms with van der Waals surface area (Å²) < 4.78 is 1.77. The van der Waals surface area contributed by atoms with Gasteiger partial charge in [0.2, 0.25) is 0 Å². The van der Waals surface area contributed by atoms with Crippen LogP contribution in [0.4, 0.5) is 0 Å². The molecule has 0 saturated heterocycles. The fourth-order valence-electron chi connectivity index (χ4n) is 1.80. The fourth-order valence-corrected chi connectivity index (χ4v) is 1.80. The smallest absolute Gasteiger partial charge is 0.0842 e. The summed E-state index contributed by atoms with van der Waals surface area (Å²) in [5.74, 6) is 0.675. The van der Waals surface area contributed by atoms with Gasteiger partial charge < -0.3 is 5.32 Å². The van der Waals surface area contributed by atoms with E-state index in [0.717, 1.165) is 18.7 Å². The molecule has 0 spiro atoms. The molecule has 0 aliphatic rings. The molecule has 16 heavy (non-hydrogen) atoms. The summed E-state index contributed by atoms with van der Waals surface area (Å²) in [5.41, 5.74) is 1.08. The second-order valence-corrected chi connectivity index (χ2v) is 4.53. The highest BCUT2D eigenvalue weighted by molar-refractivity contribution is 4.96. The first-order valence-corrected chi connectivity index (χ1v) is 6.25.